The van der Waals surface area contributed by atoms with E-state index in [1.807, 2.05) is 84.9 Å². The monoisotopic (exact) mass is 717 g/mol. The van der Waals surface area contributed by atoms with Crippen molar-refractivity contribution < 1.29 is 8.83 Å². The van der Waals surface area contributed by atoms with E-state index in [1.165, 1.54) is 0 Å². The Morgan fingerprint density at radius 1 is 0.250 bits per heavy atom. The third-order valence-corrected chi connectivity index (χ3v) is 10.6. The number of rotatable bonds is 6. The molecule has 0 saturated carbocycles. The van der Waals surface area contributed by atoms with Crippen molar-refractivity contribution in [2.45, 2.75) is 0 Å². The standard InChI is InChI=1S/C51H31N3O2/c1-3-11-33(12-4-1)49-52-50(34-13-5-2-6-14-34)54-51(53-49)35-21-19-32(20-22-35)43-29-36(37-24-27-42-40-15-7-9-17-45(40)56-48(42)31-37)23-26-39(43)38-25-28-47-44(30-38)41-16-8-10-18-46(41)55-47/h1-31H. The Labute approximate surface area is 322 Å². The van der Waals surface area contributed by atoms with Crippen LogP contribution >= 0.6 is 0 Å². The summed E-state index contributed by atoms with van der Waals surface area (Å²) in [7, 11) is 0. The Kier molecular flexibility index (Phi) is 7.42. The molecule has 3 heterocycles. The van der Waals surface area contributed by atoms with Gasteiger partial charge in [-0.05, 0) is 75.8 Å². The van der Waals surface area contributed by atoms with E-state index < -0.39 is 0 Å². The summed E-state index contributed by atoms with van der Waals surface area (Å²) in [6.45, 7) is 0. The summed E-state index contributed by atoms with van der Waals surface area (Å²) in [4.78, 5) is 14.8. The number of benzene rings is 8. The van der Waals surface area contributed by atoms with E-state index in [-0.39, 0.29) is 0 Å². The van der Waals surface area contributed by atoms with Gasteiger partial charge in [0.2, 0.25) is 0 Å². The van der Waals surface area contributed by atoms with Gasteiger partial charge in [-0.2, -0.15) is 0 Å². The first-order chi connectivity index (χ1) is 27.7. The summed E-state index contributed by atoms with van der Waals surface area (Å²) in [5.41, 5.74) is 12.9. The summed E-state index contributed by atoms with van der Waals surface area (Å²) >= 11 is 0. The molecule has 8 aromatic carbocycles. The summed E-state index contributed by atoms with van der Waals surface area (Å²) < 4.78 is 12.5. The zero-order chi connectivity index (χ0) is 37.0. The van der Waals surface area contributed by atoms with Crippen molar-refractivity contribution in [3.05, 3.63) is 188 Å². The highest BCUT2D eigenvalue weighted by atomic mass is 16.3. The molecule has 262 valence electrons. The smallest absolute Gasteiger partial charge is 0.164 e. The second-order valence-corrected chi connectivity index (χ2v) is 14.0. The van der Waals surface area contributed by atoms with Gasteiger partial charge in [0.1, 0.15) is 22.3 Å². The third-order valence-electron chi connectivity index (χ3n) is 10.6. The fraction of sp³-hybridized carbons (Fsp3) is 0. The molecule has 0 saturated heterocycles. The molecule has 0 unspecified atom stereocenters. The second kappa shape index (κ2) is 13.0. The van der Waals surface area contributed by atoms with Gasteiger partial charge >= 0.3 is 0 Å². The molecule has 0 radical (unpaired) electrons. The van der Waals surface area contributed by atoms with Gasteiger partial charge in [0.15, 0.2) is 17.5 Å². The van der Waals surface area contributed by atoms with Crippen LogP contribution in [0.1, 0.15) is 0 Å². The molecule has 0 N–H and O–H groups in total. The molecule has 5 heteroatoms. The number of hydrogen-bond donors (Lipinski definition) is 0. The highest BCUT2D eigenvalue weighted by molar-refractivity contribution is 6.08. The summed E-state index contributed by atoms with van der Waals surface area (Å²) in [5, 5.41) is 4.43. The van der Waals surface area contributed by atoms with Crippen LogP contribution in [0.2, 0.25) is 0 Å². The number of para-hydroxylation sites is 2. The number of furan rings is 2. The van der Waals surface area contributed by atoms with Crippen LogP contribution in [-0.2, 0) is 0 Å². The van der Waals surface area contributed by atoms with Crippen LogP contribution in [0.15, 0.2) is 197 Å². The molecule has 56 heavy (non-hydrogen) atoms. The number of nitrogens with zero attached hydrogens (tertiary/aromatic N) is 3. The van der Waals surface area contributed by atoms with Gasteiger partial charge in [0, 0.05) is 38.2 Å². The van der Waals surface area contributed by atoms with Crippen LogP contribution < -0.4 is 0 Å². The predicted molar refractivity (Wildman–Crippen MR) is 227 cm³/mol. The maximum atomic E-state index is 6.29. The zero-order valence-electron chi connectivity index (χ0n) is 30.1. The fourth-order valence-corrected chi connectivity index (χ4v) is 7.75. The Hall–Kier alpha value is -7.63. The lowest BCUT2D eigenvalue weighted by Crippen LogP contribution is -2.00. The molecule has 0 bridgehead atoms. The van der Waals surface area contributed by atoms with Crippen molar-refractivity contribution in [2.75, 3.05) is 0 Å². The average Bonchev–Trinajstić information content (AvgIpc) is 3.84. The molecule has 5 nitrogen and oxygen atoms in total. The SMILES string of the molecule is c1ccc(-c2nc(-c3ccccc3)nc(-c3ccc(-c4cc(-c5ccc6c(c5)oc5ccccc56)ccc4-c4ccc5oc6ccccc6c5c4)cc3)n2)cc1. The molecule has 0 aliphatic heterocycles. The number of hydrogen-bond acceptors (Lipinski definition) is 5. The molecule has 0 spiro atoms. The third kappa shape index (κ3) is 5.53. The van der Waals surface area contributed by atoms with E-state index in [9.17, 15) is 0 Å². The van der Waals surface area contributed by atoms with E-state index in [0.29, 0.717) is 17.5 Å². The summed E-state index contributed by atoms with van der Waals surface area (Å²) in [6.07, 6.45) is 0. The second-order valence-electron chi connectivity index (χ2n) is 14.0. The highest BCUT2D eigenvalue weighted by Gasteiger charge is 2.17. The van der Waals surface area contributed by atoms with Gasteiger partial charge in [-0.25, -0.2) is 15.0 Å². The van der Waals surface area contributed by atoms with Gasteiger partial charge in [-0.15, -0.1) is 0 Å². The Bertz CT molecular complexity index is 3180. The van der Waals surface area contributed by atoms with Crippen LogP contribution in [0.4, 0.5) is 0 Å². The number of fused-ring (bicyclic) bond motifs is 6. The molecule has 0 atom stereocenters. The van der Waals surface area contributed by atoms with Crippen molar-refractivity contribution in [1.29, 1.82) is 0 Å². The first-order valence-electron chi connectivity index (χ1n) is 18.7. The van der Waals surface area contributed by atoms with Gasteiger partial charge < -0.3 is 8.83 Å². The molecule has 0 fully saturated rings. The summed E-state index contributed by atoms with van der Waals surface area (Å²) in [6, 6.07) is 64.8. The van der Waals surface area contributed by atoms with Crippen molar-refractivity contribution >= 4 is 43.9 Å². The van der Waals surface area contributed by atoms with Crippen LogP contribution in [0, 0.1) is 0 Å². The minimum Gasteiger partial charge on any atom is -0.456 e. The lowest BCUT2D eigenvalue weighted by atomic mass is 9.90. The topological polar surface area (TPSA) is 65.0 Å². The molecular weight excluding hydrogens is 687 g/mol. The van der Waals surface area contributed by atoms with Gasteiger partial charge in [0.05, 0.1) is 0 Å². The minimum atomic E-state index is 0.620. The van der Waals surface area contributed by atoms with Crippen LogP contribution in [0.5, 0.6) is 0 Å². The average molecular weight is 718 g/mol. The molecule has 0 amide bonds. The molecule has 11 aromatic rings. The van der Waals surface area contributed by atoms with E-state index in [2.05, 4.69) is 103 Å². The Morgan fingerprint density at radius 2 is 0.696 bits per heavy atom. The molecule has 11 rings (SSSR count). The lowest BCUT2D eigenvalue weighted by molar-refractivity contribution is 0.668. The highest BCUT2D eigenvalue weighted by Crippen LogP contribution is 2.40. The molecule has 3 aromatic heterocycles. The van der Waals surface area contributed by atoms with Crippen LogP contribution in [0.3, 0.4) is 0 Å². The number of aromatic nitrogens is 3. The minimum absolute atomic E-state index is 0.620. The van der Waals surface area contributed by atoms with Gasteiger partial charge in [0.25, 0.3) is 0 Å². The molecule has 0 aliphatic rings. The van der Waals surface area contributed by atoms with E-state index in [1.54, 1.807) is 0 Å². The quantitative estimate of drug-likeness (QED) is 0.171. The molecule has 0 aliphatic carbocycles. The van der Waals surface area contributed by atoms with Gasteiger partial charge in [-0.1, -0.05) is 146 Å². The first-order valence-corrected chi connectivity index (χ1v) is 18.7. The van der Waals surface area contributed by atoms with Crippen LogP contribution in [-0.4, -0.2) is 15.0 Å². The maximum Gasteiger partial charge on any atom is 0.164 e. The van der Waals surface area contributed by atoms with Gasteiger partial charge in [-0.3, -0.25) is 0 Å². The maximum absolute atomic E-state index is 6.29. The fourth-order valence-electron chi connectivity index (χ4n) is 7.75. The van der Waals surface area contributed by atoms with Crippen molar-refractivity contribution in [3.63, 3.8) is 0 Å². The largest absolute Gasteiger partial charge is 0.456 e. The summed E-state index contributed by atoms with van der Waals surface area (Å²) in [5.74, 6) is 1.89. The van der Waals surface area contributed by atoms with E-state index >= 15 is 0 Å². The van der Waals surface area contributed by atoms with Crippen LogP contribution in [0.25, 0.3) is 111 Å². The lowest BCUT2D eigenvalue weighted by Gasteiger charge is -2.14. The van der Waals surface area contributed by atoms with E-state index in [0.717, 1.165) is 93.9 Å². The van der Waals surface area contributed by atoms with Crippen molar-refractivity contribution in [1.82, 2.24) is 15.0 Å². The van der Waals surface area contributed by atoms with E-state index in [4.69, 9.17) is 23.8 Å². The molecular formula is C51H31N3O2. The zero-order valence-corrected chi connectivity index (χ0v) is 30.1. The predicted octanol–water partition coefficient (Wildman–Crippen LogP) is 13.7. The first kappa shape index (κ1) is 31.9. The Balaban J connectivity index is 1.05. The normalized spacial score (nSPS) is 11.6. The van der Waals surface area contributed by atoms with Crippen molar-refractivity contribution in [3.8, 4) is 67.5 Å². The Morgan fingerprint density at radius 3 is 1.36 bits per heavy atom. The van der Waals surface area contributed by atoms with Crippen molar-refractivity contribution in [2.24, 2.45) is 0 Å².